The van der Waals surface area contributed by atoms with E-state index in [2.05, 4.69) is 5.16 Å². The molecule has 1 aliphatic rings. The van der Waals surface area contributed by atoms with E-state index in [0.29, 0.717) is 6.10 Å². The van der Waals surface area contributed by atoms with Gasteiger partial charge in [0.25, 0.3) is 0 Å². The summed E-state index contributed by atoms with van der Waals surface area (Å²) < 4.78 is 0. The van der Waals surface area contributed by atoms with Gasteiger partial charge in [-0.2, -0.15) is 0 Å². The molecule has 0 bridgehead atoms. The lowest BCUT2D eigenvalue weighted by Gasteiger charge is -2.04. The first-order valence-corrected chi connectivity index (χ1v) is 5.56. The van der Waals surface area contributed by atoms with E-state index in [4.69, 9.17) is 4.84 Å². The Morgan fingerprint density at radius 3 is 3.00 bits per heavy atom. The summed E-state index contributed by atoms with van der Waals surface area (Å²) in [7, 11) is 0. The van der Waals surface area contributed by atoms with Crippen molar-refractivity contribution in [2.75, 3.05) is 0 Å². The molecule has 0 aromatic carbocycles. The molecule has 0 saturated heterocycles. The molecule has 13 heavy (non-hydrogen) atoms. The minimum Gasteiger partial charge on any atom is -0.392 e. The SMILES string of the molecule is C(=N\OC1CCCC1)/c1cccs1. The van der Waals surface area contributed by atoms with Crippen LogP contribution in [0.2, 0.25) is 0 Å². The van der Waals surface area contributed by atoms with Gasteiger partial charge in [0.15, 0.2) is 0 Å². The lowest BCUT2D eigenvalue weighted by Crippen LogP contribution is -2.02. The molecule has 2 rings (SSSR count). The molecule has 1 saturated carbocycles. The van der Waals surface area contributed by atoms with Gasteiger partial charge in [-0.05, 0) is 37.1 Å². The molecule has 0 radical (unpaired) electrons. The summed E-state index contributed by atoms with van der Waals surface area (Å²) in [5, 5.41) is 6.02. The van der Waals surface area contributed by atoms with Crippen LogP contribution in [0.5, 0.6) is 0 Å². The molecule has 1 aromatic heterocycles. The highest BCUT2D eigenvalue weighted by Gasteiger charge is 2.15. The molecule has 1 fully saturated rings. The van der Waals surface area contributed by atoms with Crippen LogP contribution in [-0.4, -0.2) is 12.3 Å². The van der Waals surface area contributed by atoms with E-state index in [1.807, 2.05) is 17.5 Å². The fourth-order valence-corrected chi connectivity index (χ4v) is 2.10. The van der Waals surface area contributed by atoms with Gasteiger partial charge in [0.05, 0.1) is 6.21 Å². The molecular weight excluding hydrogens is 182 g/mol. The van der Waals surface area contributed by atoms with Gasteiger partial charge in [0.1, 0.15) is 6.10 Å². The smallest absolute Gasteiger partial charge is 0.127 e. The van der Waals surface area contributed by atoms with Crippen molar-refractivity contribution in [3.05, 3.63) is 22.4 Å². The van der Waals surface area contributed by atoms with Crippen molar-refractivity contribution in [1.82, 2.24) is 0 Å². The van der Waals surface area contributed by atoms with Gasteiger partial charge >= 0.3 is 0 Å². The van der Waals surface area contributed by atoms with Gasteiger partial charge < -0.3 is 4.84 Å². The van der Waals surface area contributed by atoms with Crippen LogP contribution >= 0.6 is 11.3 Å². The lowest BCUT2D eigenvalue weighted by molar-refractivity contribution is 0.0657. The fourth-order valence-electron chi connectivity index (χ4n) is 1.53. The van der Waals surface area contributed by atoms with Crippen molar-refractivity contribution in [1.29, 1.82) is 0 Å². The van der Waals surface area contributed by atoms with Gasteiger partial charge in [-0.1, -0.05) is 11.2 Å². The van der Waals surface area contributed by atoms with Crippen molar-refractivity contribution in [3.63, 3.8) is 0 Å². The number of rotatable bonds is 3. The molecule has 3 heteroatoms. The first-order valence-electron chi connectivity index (χ1n) is 4.68. The van der Waals surface area contributed by atoms with Crippen LogP contribution in [-0.2, 0) is 4.84 Å². The van der Waals surface area contributed by atoms with E-state index in [0.717, 1.165) is 4.88 Å². The summed E-state index contributed by atoms with van der Waals surface area (Å²) in [6, 6.07) is 4.05. The topological polar surface area (TPSA) is 21.6 Å². The summed E-state index contributed by atoms with van der Waals surface area (Å²) in [6.07, 6.45) is 7.08. The van der Waals surface area contributed by atoms with Gasteiger partial charge in [0.2, 0.25) is 0 Å². The van der Waals surface area contributed by atoms with Crippen LogP contribution in [0.3, 0.4) is 0 Å². The van der Waals surface area contributed by atoms with E-state index >= 15 is 0 Å². The van der Waals surface area contributed by atoms with Gasteiger partial charge in [-0.25, -0.2) is 0 Å². The van der Waals surface area contributed by atoms with Crippen LogP contribution in [0, 0.1) is 0 Å². The second-order valence-electron chi connectivity index (χ2n) is 3.26. The Morgan fingerprint density at radius 1 is 1.46 bits per heavy atom. The molecule has 1 aromatic rings. The molecule has 2 nitrogen and oxygen atoms in total. The predicted molar refractivity (Wildman–Crippen MR) is 55.3 cm³/mol. The monoisotopic (exact) mass is 195 g/mol. The molecule has 0 aliphatic heterocycles. The van der Waals surface area contributed by atoms with Crippen LogP contribution in [0.25, 0.3) is 0 Å². The standard InChI is InChI=1S/C10H13NOS/c1-2-5-9(4-1)12-11-8-10-6-3-7-13-10/h3,6-9H,1-2,4-5H2/b11-8+. The summed E-state index contributed by atoms with van der Waals surface area (Å²) in [5.41, 5.74) is 0. The Labute approximate surface area is 82.2 Å². The highest BCUT2D eigenvalue weighted by molar-refractivity contribution is 7.11. The average molecular weight is 195 g/mol. The zero-order valence-electron chi connectivity index (χ0n) is 7.48. The number of hydrogen-bond acceptors (Lipinski definition) is 3. The largest absolute Gasteiger partial charge is 0.392 e. The Balaban J connectivity index is 1.78. The molecule has 1 heterocycles. The fraction of sp³-hybridized carbons (Fsp3) is 0.500. The molecule has 1 aliphatic carbocycles. The second kappa shape index (κ2) is 4.42. The predicted octanol–water partition coefficient (Wildman–Crippen LogP) is 3.04. The molecule has 0 unspecified atom stereocenters. The third kappa shape index (κ3) is 2.56. The van der Waals surface area contributed by atoms with E-state index in [-0.39, 0.29) is 0 Å². The van der Waals surface area contributed by atoms with E-state index in [1.165, 1.54) is 25.7 Å². The maximum absolute atomic E-state index is 5.35. The Morgan fingerprint density at radius 2 is 2.31 bits per heavy atom. The van der Waals surface area contributed by atoms with Crippen molar-refractivity contribution in [3.8, 4) is 0 Å². The molecular formula is C10H13NOS. The van der Waals surface area contributed by atoms with Crippen molar-refractivity contribution >= 4 is 17.6 Å². The van der Waals surface area contributed by atoms with Crippen LogP contribution in [0.1, 0.15) is 30.6 Å². The number of oxime groups is 1. The third-order valence-corrected chi connectivity index (χ3v) is 3.04. The molecule has 70 valence electrons. The van der Waals surface area contributed by atoms with Crippen LogP contribution in [0.4, 0.5) is 0 Å². The Bertz CT molecular complexity index is 262. The lowest BCUT2D eigenvalue weighted by atomic mass is 10.3. The van der Waals surface area contributed by atoms with Gasteiger partial charge in [-0.3, -0.25) is 0 Å². The summed E-state index contributed by atoms with van der Waals surface area (Å²) in [5.74, 6) is 0. The van der Waals surface area contributed by atoms with E-state index in [9.17, 15) is 0 Å². The maximum atomic E-state index is 5.35. The highest BCUT2D eigenvalue weighted by Crippen LogP contribution is 2.20. The minimum absolute atomic E-state index is 0.371. The Kier molecular flexibility index (Phi) is 2.98. The molecule has 0 spiro atoms. The number of hydrogen-bond donors (Lipinski definition) is 0. The normalized spacial score (nSPS) is 18.5. The second-order valence-corrected chi connectivity index (χ2v) is 4.24. The molecule has 0 atom stereocenters. The first kappa shape index (κ1) is 8.75. The van der Waals surface area contributed by atoms with Gasteiger partial charge in [0, 0.05) is 4.88 Å². The van der Waals surface area contributed by atoms with Crippen molar-refractivity contribution < 1.29 is 4.84 Å². The van der Waals surface area contributed by atoms with E-state index in [1.54, 1.807) is 17.6 Å². The zero-order valence-corrected chi connectivity index (χ0v) is 8.30. The van der Waals surface area contributed by atoms with Crippen LogP contribution < -0.4 is 0 Å². The average Bonchev–Trinajstić information content (AvgIpc) is 2.75. The summed E-state index contributed by atoms with van der Waals surface area (Å²) in [6.45, 7) is 0. The quantitative estimate of drug-likeness (QED) is 0.536. The van der Waals surface area contributed by atoms with Crippen molar-refractivity contribution in [2.45, 2.75) is 31.8 Å². The summed E-state index contributed by atoms with van der Waals surface area (Å²) in [4.78, 5) is 6.50. The molecule has 0 N–H and O–H groups in total. The van der Waals surface area contributed by atoms with E-state index < -0.39 is 0 Å². The number of nitrogens with zero attached hydrogens (tertiary/aromatic N) is 1. The maximum Gasteiger partial charge on any atom is 0.127 e. The minimum atomic E-state index is 0.371. The van der Waals surface area contributed by atoms with Crippen LogP contribution in [0.15, 0.2) is 22.7 Å². The first-order chi connectivity index (χ1) is 6.45. The van der Waals surface area contributed by atoms with Gasteiger partial charge in [-0.15, -0.1) is 11.3 Å². The summed E-state index contributed by atoms with van der Waals surface area (Å²) >= 11 is 1.68. The Hall–Kier alpha value is -0.830. The third-order valence-electron chi connectivity index (χ3n) is 2.24. The number of thiophene rings is 1. The zero-order chi connectivity index (χ0) is 8.93. The van der Waals surface area contributed by atoms with Crippen molar-refractivity contribution in [2.24, 2.45) is 5.16 Å². The molecule has 0 amide bonds. The highest BCUT2D eigenvalue weighted by atomic mass is 32.1.